The standard InChI is InChI=1S/C25H31N3O2/c1-28(2)25(19-8-4-3-5-9-19)14-12-20(13-15-25)27-23(24(29)30)16-18-17-26-22-11-7-6-10-21(18)22/h3-11,17,20,23,26-27H,12-16H2,1-2H3,(H,29,30). The van der Waals surface area contributed by atoms with E-state index < -0.39 is 12.0 Å². The fourth-order valence-corrected chi connectivity index (χ4v) is 5.03. The number of carboxylic acid groups (broad SMARTS) is 1. The van der Waals surface area contributed by atoms with Gasteiger partial charge in [0, 0.05) is 35.1 Å². The molecule has 1 aliphatic carbocycles. The van der Waals surface area contributed by atoms with E-state index in [9.17, 15) is 9.90 Å². The Balaban J connectivity index is 1.45. The number of para-hydroxylation sites is 1. The topological polar surface area (TPSA) is 68.4 Å². The first-order valence-electron chi connectivity index (χ1n) is 10.8. The molecule has 3 aromatic rings. The predicted molar refractivity (Wildman–Crippen MR) is 121 cm³/mol. The highest BCUT2D eigenvalue weighted by molar-refractivity contribution is 5.84. The van der Waals surface area contributed by atoms with Crippen molar-refractivity contribution in [2.45, 2.75) is 49.7 Å². The van der Waals surface area contributed by atoms with E-state index >= 15 is 0 Å². The Morgan fingerprint density at radius 3 is 2.47 bits per heavy atom. The number of benzene rings is 2. The van der Waals surface area contributed by atoms with E-state index in [-0.39, 0.29) is 11.6 Å². The van der Waals surface area contributed by atoms with Crippen molar-refractivity contribution in [1.29, 1.82) is 0 Å². The first kappa shape index (κ1) is 20.6. The van der Waals surface area contributed by atoms with Crippen LogP contribution in [0.5, 0.6) is 0 Å². The second-order valence-electron chi connectivity index (χ2n) is 8.69. The summed E-state index contributed by atoms with van der Waals surface area (Å²) in [5.74, 6) is -0.784. The van der Waals surface area contributed by atoms with Crippen molar-refractivity contribution in [3.05, 3.63) is 71.9 Å². The number of H-pyrrole nitrogens is 1. The largest absolute Gasteiger partial charge is 0.480 e. The normalized spacial score (nSPS) is 23.0. The lowest BCUT2D eigenvalue weighted by molar-refractivity contribution is -0.139. The summed E-state index contributed by atoms with van der Waals surface area (Å²) in [5.41, 5.74) is 3.47. The molecule has 1 aliphatic rings. The molecule has 158 valence electrons. The summed E-state index contributed by atoms with van der Waals surface area (Å²) in [7, 11) is 4.30. The molecule has 0 saturated heterocycles. The Morgan fingerprint density at radius 2 is 1.80 bits per heavy atom. The van der Waals surface area contributed by atoms with Crippen LogP contribution in [0, 0.1) is 0 Å². The third-order valence-corrected chi connectivity index (χ3v) is 6.81. The molecule has 2 aromatic carbocycles. The van der Waals surface area contributed by atoms with Crippen molar-refractivity contribution >= 4 is 16.9 Å². The fraction of sp³-hybridized carbons (Fsp3) is 0.400. The number of rotatable bonds is 7. The molecule has 4 rings (SSSR count). The maximum Gasteiger partial charge on any atom is 0.321 e. The van der Waals surface area contributed by atoms with Gasteiger partial charge in [0.05, 0.1) is 0 Å². The van der Waals surface area contributed by atoms with Crippen LogP contribution in [-0.2, 0) is 16.8 Å². The molecule has 0 amide bonds. The lowest BCUT2D eigenvalue weighted by Crippen LogP contribution is -2.51. The number of hydrogen-bond donors (Lipinski definition) is 3. The molecule has 5 heteroatoms. The summed E-state index contributed by atoms with van der Waals surface area (Å²) in [6.07, 6.45) is 6.38. The van der Waals surface area contributed by atoms with E-state index in [4.69, 9.17) is 0 Å². The molecular weight excluding hydrogens is 374 g/mol. The molecule has 0 spiro atoms. The van der Waals surface area contributed by atoms with E-state index in [0.717, 1.165) is 42.1 Å². The van der Waals surface area contributed by atoms with Gasteiger partial charge < -0.3 is 15.4 Å². The number of carboxylic acids is 1. The zero-order valence-electron chi connectivity index (χ0n) is 17.8. The van der Waals surface area contributed by atoms with Crippen LogP contribution in [0.1, 0.15) is 36.8 Å². The van der Waals surface area contributed by atoms with Gasteiger partial charge >= 0.3 is 5.97 Å². The summed E-state index contributed by atoms with van der Waals surface area (Å²) in [5, 5.41) is 14.4. The molecule has 1 unspecified atom stereocenters. The van der Waals surface area contributed by atoms with Gasteiger partial charge in [-0.25, -0.2) is 0 Å². The van der Waals surface area contributed by atoms with E-state index in [2.05, 4.69) is 59.6 Å². The van der Waals surface area contributed by atoms with E-state index in [1.807, 2.05) is 30.5 Å². The number of fused-ring (bicyclic) bond motifs is 1. The molecule has 1 saturated carbocycles. The van der Waals surface area contributed by atoms with E-state index in [0.29, 0.717) is 6.42 Å². The Kier molecular flexibility index (Phi) is 5.93. The van der Waals surface area contributed by atoms with Crippen molar-refractivity contribution in [2.24, 2.45) is 0 Å². The van der Waals surface area contributed by atoms with Gasteiger partial charge in [0.15, 0.2) is 0 Å². The number of aromatic amines is 1. The van der Waals surface area contributed by atoms with Crippen LogP contribution in [0.25, 0.3) is 10.9 Å². The average molecular weight is 406 g/mol. The molecule has 0 radical (unpaired) electrons. The van der Waals surface area contributed by atoms with Crippen molar-refractivity contribution in [1.82, 2.24) is 15.2 Å². The monoisotopic (exact) mass is 405 g/mol. The van der Waals surface area contributed by atoms with Gasteiger partial charge in [0.25, 0.3) is 0 Å². The maximum absolute atomic E-state index is 12.0. The summed E-state index contributed by atoms with van der Waals surface area (Å²) in [6.45, 7) is 0. The van der Waals surface area contributed by atoms with Gasteiger partial charge in [-0.05, 0) is 57.0 Å². The quantitative estimate of drug-likeness (QED) is 0.552. The molecule has 0 bridgehead atoms. The van der Waals surface area contributed by atoms with Gasteiger partial charge in [-0.1, -0.05) is 48.5 Å². The number of nitrogens with zero attached hydrogens (tertiary/aromatic N) is 1. The van der Waals surface area contributed by atoms with Gasteiger partial charge in [0.2, 0.25) is 0 Å². The molecule has 1 heterocycles. The smallest absolute Gasteiger partial charge is 0.321 e. The molecule has 3 N–H and O–H groups in total. The third-order valence-electron chi connectivity index (χ3n) is 6.81. The Labute approximate surface area is 178 Å². The van der Waals surface area contributed by atoms with Gasteiger partial charge in [-0.2, -0.15) is 0 Å². The fourth-order valence-electron chi connectivity index (χ4n) is 5.03. The number of nitrogens with one attached hydrogen (secondary N) is 2. The van der Waals surface area contributed by atoms with Crippen LogP contribution in [0.3, 0.4) is 0 Å². The van der Waals surface area contributed by atoms with Gasteiger partial charge in [0.1, 0.15) is 6.04 Å². The van der Waals surface area contributed by atoms with Crippen molar-refractivity contribution in [2.75, 3.05) is 14.1 Å². The number of hydrogen-bond acceptors (Lipinski definition) is 3. The highest BCUT2D eigenvalue weighted by Crippen LogP contribution is 2.41. The minimum atomic E-state index is -0.784. The molecule has 1 atom stereocenters. The first-order chi connectivity index (χ1) is 14.5. The number of aromatic nitrogens is 1. The highest BCUT2D eigenvalue weighted by Gasteiger charge is 2.39. The summed E-state index contributed by atoms with van der Waals surface area (Å²) in [4.78, 5) is 17.6. The van der Waals surface area contributed by atoms with E-state index in [1.165, 1.54) is 5.56 Å². The third kappa shape index (κ3) is 4.00. The number of aliphatic carboxylic acids is 1. The second kappa shape index (κ2) is 8.62. The molecular formula is C25H31N3O2. The highest BCUT2D eigenvalue weighted by atomic mass is 16.4. The SMILES string of the molecule is CN(C)C1(c2ccccc2)CCC(NC(Cc2c[nH]c3ccccc23)C(=O)O)CC1. The first-order valence-corrected chi connectivity index (χ1v) is 10.8. The van der Waals surface area contributed by atoms with Crippen LogP contribution in [0.2, 0.25) is 0 Å². The summed E-state index contributed by atoms with van der Waals surface area (Å²) < 4.78 is 0. The van der Waals surface area contributed by atoms with E-state index in [1.54, 1.807) is 0 Å². The Hall–Kier alpha value is -2.63. The Bertz CT molecular complexity index is 988. The van der Waals surface area contributed by atoms with Crippen molar-refractivity contribution in [3.63, 3.8) is 0 Å². The summed E-state index contributed by atoms with van der Waals surface area (Å²) >= 11 is 0. The van der Waals surface area contributed by atoms with Crippen LogP contribution < -0.4 is 5.32 Å². The second-order valence-corrected chi connectivity index (χ2v) is 8.69. The van der Waals surface area contributed by atoms with Gasteiger partial charge in [-0.15, -0.1) is 0 Å². The van der Waals surface area contributed by atoms with Gasteiger partial charge in [-0.3, -0.25) is 9.69 Å². The lowest BCUT2D eigenvalue weighted by atomic mass is 9.74. The predicted octanol–water partition coefficient (Wildman–Crippen LogP) is 4.15. The number of carbonyl (C=O) groups is 1. The average Bonchev–Trinajstić information content (AvgIpc) is 3.17. The molecule has 1 fully saturated rings. The lowest BCUT2D eigenvalue weighted by Gasteiger charge is -2.46. The van der Waals surface area contributed by atoms with Crippen molar-refractivity contribution in [3.8, 4) is 0 Å². The maximum atomic E-state index is 12.0. The molecule has 30 heavy (non-hydrogen) atoms. The van der Waals surface area contributed by atoms with Crippen molar-refractivity contribution < 1.29 is 9.90 Å². The minimum absolute atomic E-state index is 0.0228. The molecule has 0 aliphatic heterocycles. The van der Waals surface area contributed by atoms with Crippen LogP contribution in [0.15, 0.2) is 60.8 Å². The Morgan fingerprint density at radius 1 is 1.13 bits per heavy atom. The molecule has 1 aromatic heterocycles. The zero-order chi connectivity index (χ0) is 21.1. The van der Waals surface area contributed by atoms with Crippen LogP contribution in [-0.4, -0.2) is 47.1 Å². The van der Waals surface area contributed by atoms with Crippen LogP contribution in [0.4, 0.5) is 0 Å². The summed E-state index contributed by atoms with van der Waals surface area (Å²) in [6, 6.07) is 18.4. The van der Waals surface area contributed by atoms with Crippen LogP contribution >= 0.6 is 0 Å². The zero-order valence-corrected chi connectivity index (χ0v) is 17.8. The molecule has 5 nitrogen and oxygen atoms in total. The minimum Gasteiger partial charge on any atom is -0.480 e.